The molecule has 100 valence electrons. The van der Waals surface area contributed by atoms with E-state index in [1.165, 1.54) is 12.8 Å². The third-order valence-electron chi connectivity index (χ3n) is 3.76. The van der Waals surface area contributed by atoms with Gasteiger partial charge in [-0.3, -0.25) is 4.98 Å². The van der Waals surface area contributed by atoms with Crippen LogP contribution in [0.2, 0.25) is 0 Å². The fourth-order valence-corrected chi connectivity index (χ4v) is 2.69. The first-order chi connectivity index (χ1) is 9.33. The van der Waals surface area contributed by atoms with Gasteiger partial charge in [0.25, 0.3) is 0 Å². The van der Waals surface area contributed by atoms with E-state index in [-0.39, 0.29) is 0 Å². The van der Waals surface area contributed by atoms with Crippen molar-refractivity contribution in [1.82, 2.24) is 15.3 Å². The molecule has 3 rings (SSSR count). The first kappa shape index (κ1) is 12.4. The number of hydrogen-bond donors (Lipinski definition) is 1. The standard InChI is InChI=1S/C15H20N4/c1-19(11-12-5-4-8-16-9-12)15-10-17-13-6-2-3-7-14(13)18-15/h2-3,6-7,10,12,16H,4-5,8-9,11H2,1H3/t12-/m0/s1. The summed E-state index contributed by atoms with van der Waals surface area (Å²) < 4.78 is 0. The molecule has 1 aliphatic heterocycles. The number of aromatic nitrogens is 2. The van der Waals surface area contributed by atoms with Gasteiger partial charge in [-0.05, 0) is 44.0 Å². The lowest BCUT2D eigenvalue weighted by Gasteiger charge is -2.28. The molecule has 0 radical (unpaired) electrons. The summed E-state index contributed by atoms with van der Waals surface area (Å²) in [6.07, 6.45) is 4.46. The van der Waals surface area contributed by atoms with Gasteiger partial charge in [-0.1, -0.05) is 12.1 Å². The molecule has 1 saturated heterocycles. The average Bonchev–Trinajstić information content (AvgIpc) is 2.48. The molecule has 1 aliphatic rings. The fraction of sp³-hybridized carbons (Fsp3) is 0.467. The Labute approximate surface area is 113 Å². The highest BCUT2D eigenvalue weighted by Gasteiger charge is 2.16. The second-order valence-electron chi connectivity index (χ2n) is 5.31. The quantitative estimate of drug-likeness (QED) is 0.912. The maximum Gasteiger partial charge on any atom is 0.147 e. The van der Waals surface area contributed by atoms with Crippen molar-refractivity contribution in [3.05, 3.63) is 30.5 Å². The number of anilines is 1. The molecule has 1 aromatic carbocycles. The molecule has 0 bridgehead atoms. The number of benzene rings is 1. The SMILES string of the molecule is CN(C[C@H]1CCCNC1)c1cnc2ccccc2n1. The normalized spacial score (nSPS) is 19.5. The van der Waals surface area contributed by atoms with Crippen molar-refractivity contribution in [3.8, 4) is 0 Å². The van der Waals surface area contributed by atoms with E-state index in [2.05, 4.69) is 27.2 Å². The molecule has 2 heterocycles. The van der Waals surface area contributed by atoms with Crippen LogP contribution >= 0.6 is 0 Å². The lowest BCUT2D eigenvalue weighted by Crippen LogP contribution is -2.37. The number of nitrogens with one attached hydrogen (secondary N) is 1. The van der Waals surface area contributed by atoms with Crippen LogP contribution in [0.3, 0.4) is 0 Å². The van der Waals surface area contributed by atoms with E-state index in [1.54, 1.807) is 0 Å². The van der Waals surface area contributed by atoms with Crippen LogP contribution in [0.25, 0.3) is 11.0 Å². The van der Waals surface area contributed by atoms with E-state index >= 15 is 0 Å². The number of rotatable bonds is 3. The summed E-state index contributed by atoms with van der Waals surface area (Å²) in [4.78, 5) is 11.4. The van der Waals surface area contributed by atoms with E-state index in [9.17, 15) is 0 Å². The maximum atomic E-state index is 4.68. The predicted molar refractivity (Wildman–Crippen MR) is 78.4 cm³/mol. The van der Waals surface area contributed by atoms with E-state index < -0.39 is 0 Å². The molecule has 0 spiro atoms. The summed E-state index contributed by atoms with van der Waals surface area (Å²) in [5, 5.41) is 3.46. The lowest BCUT2D eigenvalue weighted by molar-refractivity contribution is 0.380. The molecular formula is C15H20N4. The van der Waals surface area contributed by atoms with Crippen molar-refractivity contribution in [2.45, 2.75) is 12.8 Å². The minimum atomic E-state index is 0.715. The minimum Gasteiger partial charge on any atom is -0.358 e. The van der Waals surface area contributed by atoms with Crippen LogP contribution in [0, 0.1) is 5.92 Å². The summed E-state index contributed by atoms with van der Waals surface area (Å²) in [5.41, 5.74) is 1.92. The van der Waals surface area contributed by atoms with E-state index in [4.69, 9.17) is 0 Å². The second kappa shape index (κ2) is 5.53. The number of nitrogens with zero attached hydrogens (tertiary/aromatic N) is 3. The molecule has 1 N–H and O–H groups in total. The first-order valence-corrected chi connectivity index (χ1v) is 6.96. The van der Waals surface area contributed by atoms with Crippen molar-refractivity contribution in [3.63, 3.8) is 0 Å². The molecule has 0 aliphatic carbocycles. The third kappa shape index (κ3) is 2.84. The number of para-hydroxylation sites is 2. The highest BCUT2D eigenvalue weighted by Crippen LogP contribution is 2.17. The topological polar surface area (TPSA) is 41.0 Å². The fourth-order valence-electron chi connectivity index (χ4n) is 2.69. The Balaban J connectivity index is 1.75. The summed E-state index contributed by atoms with van der Waals surface area (Å²) in [7, 11) is 2.10. The first-order valence-electron chi connectivity index (χ1n) is 6.96. The minimum absolute atomic E-state index is 0.715. The molecule has 4 heteroatoms. The van der Waals surface area contributed by atoms with E-state index in [0.29, 0.717) is 5.92 Å². The average molecular weight is 256 g/mol. The van der Waals surface area contributed by atoms with Crippen LogP contribution in [0.4, 0.5) is 5.82 Å². The summed E-state index contributed by atoms with van der Waals surface area (Å²) in [6, 6.07) is 8.01. The second-order valence-corrected chi connectivity index (χ2v) is 5.31. The highest BCUT2D eigenvalue weighted by molar-refractivity contribution is 5.75. The Morgan fingerprint density at radius 3 is 2.95 bits per heavy atom. The van der Waals surface area contributed by atoms with Crippen molar-refractivity contribution in [2.75, 3.05) is 31.6 Å². The van der Waals surface area contributed by atoms with Gasteiger partial charge in [-0.15, -0.1) is 0 Å². The van der Waals surface area contributed by atoms with Crippen molar-refractivity contribution >= 4 is 16.9 Å². The van der Waals surface area contributed by atoms with Crippen molar-refractivity contribution in [1.29, 1.82) is 0 Å². The zero-order valence-corrected chi connectivity index (χ0v) is 11.3. The van der Waals surface area contributed by atoms with Gasteiger partial charge in [0.2, 0.25) is 0 Å². The van der Waals surface area contributed by atoms with Gasteiger partial charge in [-0.2, -0.15) is 0 Å². The monoisotopic (exact) mass is 256 g/mol. The van der Waals surface area contributed by atoms with Crippen LogP contribution in [-0.4, -0.2) is 36.6 Å². The molecule has 2 aromatic rings. The molecule has 0 unspecified atom stereocenters. The number of fused-ring (bicyclic) bond motifs is 1. The Kier molecular flexibility index (Phi) is 3.60. The number of piperidine rings is 1. The number of hydrogen-bond acceptors (Lipinski definition) is 4. The molecule has 0 amide bonds. The van der Waals surface area contributed by atoms with Gasteiger partial charge in [-0.25, -0.2) is 4.98 Å². The van der Waals surface area contributed by atoms with Crippen LogP contribution in [0.15, 0.2) is 30.5 Å². The van der Waals surface area contributed by atoms with Gasteiger partial charge >= 0.3 is 0 Å². The van der Waals surface area contributed by atoms with Crippen LogP contribution < -0.4 is 10.2 Å². The molecule has 1 atom stereocenters. The van der Waals surface area contributed by atoms with Gasteiger partial charge in [0, 0.05) is 13.6 Å². The van der Waals surface area contributed by atoms with E-state index in [1.807, 2.05) is 30.5 Å². The summed E-state index contributed by atoms with van der Waals surface area (Å²) in [6.45, 7) is 3.32. The Morgan fingerprint density at radius 1 is 1.32 bits per heavy atom. The zero-order chi connectivity index (χ0) is 13.1. The molecule has 19 heavy (non-hydrogen) atoms. The van der Waals surface area contributed by atoms with Crippen LogP contribution in [-0.2, 0) is 0 Å². The highest BCUT2D eigenvalue weighted by atomic mass is 15.2. The van der Waals surface area contributed by atoms with Gasteiger partial charge in [0.1, 0.15) is 5.82 Å². The van der Waals surface area contributed by atoms with Crippen LogP contribution in [0.1, 0.15) is 12.8 Å². The Bertz CT molecular complexity index is 549. The molecule has 4 nitrogen and oxygen atoms in total. The predicted octanol–water partition coefficient (Wildman–Crippen LogP) is 2.07. The smallest absolute Gasteiger partial charge is 0.147 e. The van der Waals surface area contributed by atoms with Gasteiger partial charge in [0.05, 0.1) is 17.2 Å². The van der Waals surface area contributed by atoms with Gasteiger partial charge < -0.3 is 10.2 Å². The summed E-state index contributed by atoms with van der Waals surface area (Å²) >= 11 is 0. The largest absolute Gasteiger partial charge is 0.358 e. The lowest BCUT2D eigenvalue weighted by atomic mass is 9.99. The van der Waals surface area contributed by atoms with Crippen molar-refractivity contribution in [2.24, 2.45) is 5.92 Å². The maximum absolute atomic E-state index is 4.68. The summed E-state index contributed by atoms with van der Waals surface area (Å²) in [5.74, 6) is 1.68. The zero-order valence-electron chi connectivity index (χ0n) is 11.3. The van der Waals surface area contributed by atoms with E-state index in [0.717, 1.165) is 36.5 Å². The van der Waals surface area contributed by atoms with Crippen molar-refractivity contribution < 1.29 is 0 Å². The van der Waals surface area contributed by atoms with Crippen LogP contribution in [0.5, 0.6) is 0 Å². The Morgan fingerprint density at radius 2 is 2.16 bits per heavy atom. The third-order valence-corrected chi connectivity index (χ3v) is 3.76. The van der Waals surface area contributed by atoms with Gasteiger partial charge in [0.15, 0.2) is 0 Å². The molecule has 1 aromatic heterocycles. The molecule has 1 fully saturated rings. The Hall–Kier alpha value is -1.68. The molecular weight excluding hydrogens is 236 g/mol. The molecule has 0 saturated carbocycles.